The van der Waals surface area contributed by atoms with Crippen molar-refractivity contribution >= 4 is 11.9 Å². The zero-order valence-corrected chi connectivity index (χ0v) is 15.2. The van der Waals surface area contributed by atoms with E-state index in [2.05, 4.69) is 13.8 Å². The van der Waals surface area contributed by atoms with E-state index in [0.29, 0.717) is 0 Å². The van der Waals surface area contributed by atoms with Crippen LogP contribution in [0.15, 0.2) is 0 Å². The molecule has 0 atom stereocenters. The standard InChI is InChI=1S/C12H25.C3H4O4.Na/c1-3-5-7-9-11-12-10-8-6-4-2;4-2(5)1-3(6)7;/h1,3-12H2,2H3;1H2,(H,4,5)(H,6,7);/q-1;;+1. The topological polar surface area (TPSA) is 74.6 Å². The van der Waals surface area contributed by atoms with Crippen LogP contribution in [0, 0.1) is 6.92 Å². The fourth-order valence-electron chi connectivity index (χ4n) is 1.62. The molecule has 114 valence electrons. The van der Waals surface area contributed by atoms with Gasteiger partial charge in [0.05, 0.1) is 0 Å². The summed E-state index contributed by atoms with van der Waals surface area (Å²) in [6.45, 7) is 6.12. The molecule has 0 aromatic rings. The molecule has 0 aromatic carbocycles. The van der Waals surface area contributed by atoms with Crippen LogP contribution >= 0.6 is 0 Å². The van der Waals surface area contributed by atoms with Crippen LogP contribution in [-0.4, -0.2) is 22.2 Å². The number of hydrogen-bond acceptors (Lipinski definition) is 2. The Bertz CT molecular complexity index is 198. The number of unbranched alkanes of at least 4 members (excludes halogenated alkanes) is 9. The Hall–Kier alpha value is -0.0600. The molecule has 5 heteroatoms. The van der Waals surface area contributed by atoms with Gasteiger partial charge < -0.3 is 17.1 Å². The first kappa shape index (κ1) is 24.9. The Balaban J connectivity index is -0.000000312. The maximum atomic E-state index is 9.43. The van der Waals surface area contributed by atoms with E-state index >= 15 is 0 Å². The third-order valence-corrected chi connectivity index (χ3v) is 2.66. The largest absolute Gasteiger partial charge is 1.00 e. The van der Waals surface area contributed by atoms with Crippen molar-refractivity contribution < 1.29 is 49.4 Å². The molecule has 0 saturated carbocycles. The van der Waals surface area contributed by atoms with E-state index < -0.39 is 18.4 Å². The fraction of sp³-hybridized carbons (Fsp3) is 0.800. The van der Waals surface area contributed by atoms with E-state index in [9.17, 15) is 9.59 Å². The second-order valence-corrected chi connectivity index (χ2v) is 4.65. The zero-order chi connectivity index (χ0) is 14.9. The molecule has 0 aliphatic carbocycles. The first-order chi connectivity index (χ1) is 9.04. The van der Waals surface area contributed by atoms with Crippen molar-refractivity contribution in [3.8, 4) is 0 Å². The molecule has 0 amide bonds. The van der Waals surface area contributed by atoms with Gasteiger partial charge in [-0.15, -0.1) is 0 Å². The Morgan fingerprint density at radius 3 is 1.40 bits per heavy atom. The Labute approximate surface area is 145 Å². The first-order valence-electron chi connectivity index (χ1n) is 7.27. The molecule has 0 unspecified atom stereocenters. The molecule has 20 heavy (non-hydrogen) atoms. The van der Waals surface area contributed by atoms with Gasteiger partial charge in [0.2, 0.25) is 0 Å². The summed E-state index contributed by atoms with van der Waals surface area (Å²) in [5, 5.41) is 15.4. The summed E-state index contributed by atoms with van der Waals surface area (Å²) in [4.78, 5) is 18.9. The summed E-state index contributed by atoms with van der Waals surface area (Å²) < 4.78 is 0. The van der Waals surface area contributed by atoms with Crippen LogP contribution in [0.4, 0.5) is 0 Å². The van der Waals surface area contributed by atoms with E-state index in [-0.39, 0.29) is 29.6 Å². The van der Waals surface area contributed by atoms with E-state index in [4.69, 9.17) is 10.2 Å². The second-order valence-electron chi connectivity index (χ2n) is 4.65. The average molecular weight is 296 g/mol. The Morgan fingerprint density at radius 1 is 0.800 bits per heavy atom. The maximum absolute atomic E-state index is 9.43. The number of aliphatic carboxylic acids is 2. The van der Waals surface area contributed by atoms with Crippen molar-refractivity contribution in [1.29, 1.82) is 0 Å². The van der Waals surface area contributed by atoms with Gasteiger partial charge in [0, 0.05) is 0 Å². The van der Waals surface area contributed by atoms with Crippen LogP contribution in [0.1, 0.15) is 77.6 Å². The minimum atomic E-state index is -1.31. The third-order valence-electron chi connectivity index (χ3n) is 2.66. The summed E-state index contributed by atoms with van der Waals surface area (Å²) in [6.07, 6.45) is 13.1. The first-order valence-corrected chi connectivity index (χ1v) is 7.27. The monoisotopic (exact) mass is 296 g/mol. The van der Waals surface area contributed by atoms with Gasteiger partial charge in [-0.1, -0.05) is 64.7 Å². The summed E-state index contributed by atoms with van der Waals surface area (Å²) in [5.41, 5.74) is 0. The number of hydrogen-bond donors (Lipinski definition) is 2. The van der Waals surface area contributed by atoms with Gasteiger partial charge in [0.15, 0.2) is 0 Å². The molecule has 0 spiro atoms. The van der Waals surface area contributed by atoms with Crippen molar-refractivity contribution in [2.24, 2.45) is 0 Å². The quantitative estimate of drug-likeness (QED) is 0.261. The van der Waals surface area contributed by atoms with Gasteiger partial charge in [0.1, 0.15) is 6.42 Å². The molecule has 0 bridgehead atoms. The predicted octanol–water partition coefficient (Wildman–Crippen LogP) is 1.29. The maximum Gasteiger partial charge on any atom is 1.00 e. The zero-order valence-electron chi connectivity index (χ0n) is 13.2. The van der Waals surface area contributed by atoms with Crippen LogP contribution in [0.3, 0.4) is 0 Å². The molecular formula is C15H29NaO4. The minimum absolute atomic E-state index is 0. The molecule has 2 N–H and O–H groups in total. The van der Waals surface area contributed by atoms with Crippen LogP contribution in [0.2, 0.25) is 0 Å². The van der Waals surface area contributed by atoms with Crippen LogP contribution in [0.25, 0.3) is 0 Å². The van der Waals surface area contributed by atoms with Crippen molar-refractivity contribution in [2.75, 3.05) is 0 Å². The molecule has 0 radical (unpaired) electrons. The van der Waals surface area contributed by atoms with Gasteiger partial charge in [-0.05, 0) is 0 Å². The van der Waals surface area contributed by atoms with Gasteiger partial charge in [-0.3, -0.25) is 9.59 Å². The van der Waals surface area contributed by atoms with Crippen LogP contribution in [0.5, 0.6) is 0 Å². The fourth-order valence-corrected chi connectivity index (χ4v) is 1.62. The minimum Gasteiger partial charge on any atom is -0.481 e. The molecule has 0 rings (SSSR count). The number of carboxylic acid groups (broad SMARTS) is 2. The summed E-state index contributed by atoms with van der Waals surface area (Å²) >= 11 is 0. The third kappa shape index (κ3) is 30.7. The molecule has 0 fully saturated rings. The number of carbonyl (C=O) groups is 2. The van der Waals surface area contributed by atoms with Crippen molar-refractivity contribution in [3.63, 3.8) is 0 Å². The van der Waals surface area contributed by atoms with E-state index in [1.54, 1.807) is 0 Å². The van der Waals surface area contributed by atoms with Gasteiger partial charge in [-0.2, -0.15) is 6.42 Å². The van der Waals surface area contributed by atoms with Gasteiger partial charge >= 0.3 is 41.5 Å². The van der Waals surface area contributed by atoms with E-state index in [1.807, 2.05) is 0 Å². The van der Waals surface area contributed by atoms with E-state index in [1.165, 1.54) is 57.8 Å². The Morgan fingerprint density at radius 2 is 1.15 bits per heavy atom. The molecule has 0 heterocycles. The average Bonchev–Trinajstić information content (AvgIpc) is 2.32. The smallest absolute Gasteiger partial charge is 0.481 e. The number of rotatable bonds is 11. The normalized spacial score (nSPS) is 9.10. The summed E-state index contributed by atoms with van der Waals surface area (Å²) in [7, 11) is 0. The molecule has 0 aliphatic heterocycles. The van der Waals surface area contributed by atoms with Crippen molar-refractivity contribution in [3.05, 3.63) is 6.92 Å². The molecule has 4 nitrogen and oxygen atoms in total. The molecule has 0 aliphatic rings. The van der Waals surface area contributed by atoms with Gasteiger partial charge in [0.25, 0.3) is 0 Å². The van der Waals surface area contributed by atoms with E-state index in [0.717, 1.165) is 6.42 Å². The molecule has 0 aromatic heterocycles. The SMILES string of the molecule is O=C(O)CC(=O)O.[CH2-]CCCCCCCCCCC.[Na+]. The molecular weight excluding hydrogens is 267 g/mol. The van der Waals surface area contributed by atoms with Gasteiger partial charge in [-0.25, -0.2) is 0 Å². The number of carboxylic acids is 2. The summed E-state index contributed by atoms with van der Waals surface area (Å²) in [5.74, 6) is -2.62. The van der Waals surface area contributed by atoms with Crippen molar-refractivity contribution in [1.82, 2.24) is 0 Å². The van der Waals surface area contributed by atoms with Crippen LogP contribution < -0.4 is 29.6 Å². The Kier molecular flexibility index (Phi) is 26.5. The summed E-state index contributed by atoms with van der Waals surface area (Å²) in [6, 6.07) is 0. The predicted molar refractivity (Wildman–Crippen MR) is 77.1 cm³/mol. The van der Waals surface area contributed by atoms with Crippen LogP contribution in [-0.2, 0) is 9.59 Å². The van der Waals surface area contributed by atoms with Crippen molar-refractivity contribution in [2.45, 2.75) is 77.6 Å². The second kappa shape index (κ2) is 21.2. The molecule has 0 saturated heterocycles.